The lowest BCUT2D eigenvalue weighted by Crippen LogP contribution is -2.50. The van der Waals surface area contributed by atoms with Gasteiger partial charge in [-0.15, -0.1) is 0 Å². The van der Waals surface area contributed by atoms with Gasteiger partial charge in [-0.2, -0.15) is 10.2 Å². The molecule has 3 aromatic rings. The number of carbonyl (C=O) groups excluding carboxylic acids is 2. The van der Waals surface area contributed by atoms with E-state index >= 15 is 0 Å². The van der Waals surface area contributed by atoms with Crippen LogP contribution in [-0.4, -0.2) is 37.8 Å². The quantitative estimate of drug-likeness (QED) is 0.429. The number of hydrogen-bond acceptors (Lipinski definition) is 4. The van der Waals surface area contributed by atoms with E-state index in [1.54, 1.807) is 12.3 Å². The molecule has 182 valence electrons. The zero-order valence-electron chi connectivity index (χ0n) is 20.3. The summed E-state index contributed by atoms with van der Waals surface area (Å²) in [5.41, 5.74) is 5.38. The molecular formula is C27H32N6O2. The molecule has 3 fully saturated rings. The van der Waals surface area contributed by atoms with Gasteiger partial charge in [-0.3, -0.25) is 19.4 Å². The van der Waals surface area contributed by atoms with E-state index in [9.17, 15) is 9.59 Å². The van der Waals surface area contributed by atoms with Gasteiger partial charge < -0.3 is 10.6 Å². The second-order valence-corrected chi connectivity index (χ2v) is 10.5. The van der Waals surface area contributed by atoms with Crippen molar-refractivity contribution in [2.45, 2.75) is 64.5 Å². The molecule has 8 heteroatoms. The van der Waals surface area contributed by atoms with Gasteiger partial charge in [0.15, 0.2) is 0 Å². The topological polar surface area (TPSA) is 105 Å². The zero-order valence-corrected chi connectivity index (χ0v) is 20.3. The smallest absolute Gasteiger partial charge is 0.270 e. The van der Waals surface area contributed by atoms with Gasteiger partial charge in [0.05, 0.1) is 11.7 Å². The Bertz CT molecular complexity index is 1220. The number of nitrogens with zero attached hydrogens (tertiary/aromatic N) is 3. The molecular weight excluding hydrogens is 440 g/mol. The van der Waals surface area contributed by atoms with Crippen LogP contribution in [0, 0.1) is 31.6 Å². The highest BCUT2D eigenvalue weighted by atomic mass is 16.2. The van der Waals surface area contributed by atoms with Gasteiger partial charge in [0.2, 0.25) is 5.91 Å². The Kier molecular flexibility index (Phi) is 5.46. The molecule has 3 aliphatic carbocycles. The highest BCUT2D eigenvalue weighted by molar-refractivity contribution is 6.01. The number of H-pyrrole nitrogens is 1. The fraction of sp³-hybridized carbons (Fsp3) is 0.481. The third-order valence-corrected chi connectivity index (χ3v) is 7.65. The summed E-state index contributed by atoms with van der Waals surface area (Å²) in [6.45, 7) is 3.98. The summed E-state index contributed by atoms with van der Waals surface area (Å²) in [5, 5.41) is 17.9. The van der Waals surface area contributed by atoms with Gasteiger partial charge >= 0.3 is 0 Å². The molecule has 1 unspecified atom stereocenters. The predicted octanol–water partition coefficient (Wildman–Crippen LogP) is 4.40. The maximum Gasteiger partial charge on any atom is 0.270 e. The summed E-state index contributed by atoms with van der Waals surface area (Å²) in [4.78, 5) is 26.9. The van der Waals surface area contributed by atoms with Gasteiger partial charge in [0.1, 0.15) is 11.7 Å². The molecule has 1 atom stereocenters. The van der Waals surface area contributed by atoms with Crippen molar-refractivity contribution in [1.82, 2.24) is 25.3 Å². The van der Waals surface area contributed by atoms with Crippen molar-refractivity contribution in [3.8, 4) is 11.1 Å². The predicted molar refractivity (Wildman–Crippen MR) is 133 cm³/mol. The number of carbonyl (C=O) groups is 2. The minimum absolute atomic E-state index is 0.136. The minimum Gasteiger partial charge on any atom is -0.339 e. The molecule has 3 saturated carbocycles. The molecule has 3 aliphatic rings. The largest absolute Gasteiger partial charge is 0.339 e. The monoisotopic (exact) mass is 472 g/mol. The van der Waals surface area contributed by atoms with Crippen LogP contribution in [0.1, 0.15) is 66.4 Å². The number of rotatable bonds is 9. The molecule has 0 spiro atoms. The van der Waals surface area contributed by atoms with E-state index in [1.165, 1.54) is 0 Å². The first-order chi connectivity index (χ1) is 17.0. The third-order valence-electron chi connectivity index (χ3n) is 7.65. The normalized spacial score (nSPS) is 18.5. The maximum absolute atomic E-state index is 13.6. The Morgan fingerprint density at radius 3 is 2.26 bits per heavy atom. The zero-order chi connectivity index (χ0) is 24.1. The van der Waals surface area contributed by atoms with E-state index in [0.717, 1.165) is 66.7 Å². The fourth-order valence-electron chi connectivity index (χ4n) is 5.46. The van der Waals surface area contributed by atoms with Gasteiger partial charge in [-0.25, -0.2) is 0 Å². The number of aromatic nitrogens is 4. The number of benzene rings is 1. The molecule has 0 saturated heterocycles. The third kappa shape index (κ3) is 4.49. The van der Waals surface area contributed by atoms with E-state index in [1.807, 2.05) is 42.8 Å². The summed E-state index contributed by atoms with van der Waals surface area (Å²) in [5.74, 6) is 0.875. The highest BCUT2D eigenvalue weighted by Crippen LogP contribution is 2.51. The van der Waals surface area contributed by atoms with Crippen molar-refractivity contribution in [3.05, 3.63) is 53.6 Å². The number of hydrogen-bond donors (Lipinski definition) is 3. The van der Waals surface area contributed by atoms with Crippen molar-refractivity contribution >= 4 is 17.5 Å². The molecule has 0 aliphatic heterocycles. The van der Waals surface area contributed by atoms with E-state index in [0.29, 0.717) is 23.6 Å². The molecule has 3 N–H and O–H groups in total. The van der Waals surface area contributed by atoms with Crippen LogP contribution in [0.25, 0.3) is 11.1 Å². The first-order valence-corrected chi connectivity index (χ1v) is 12.8. The second kappa shape index (κ2) is 8.66. The van der Waals surface area contributed by atoms with Crippen molar-refractivity contribution in [2.75, 3.05) is 5.32 Å². The number of anilines is 1. The van der Waals surface area contributed by atoms with Crippen molar-refractivity contribution in [3.63, 3.8) is 0 Å². The van der Waals surface area contributed by atoms with E-state index in [-0.39, 0.29) is 17.7 Å². The van der Waals surface area contributed by atoms with Gasteiger partial charge in [-0.05, 0) is 93.9 Å². The van der Waals surface area contributed by atoms with Gasteiger partial charge in [0.25, 0.3) is 5.91 Å². The van der Waals surface area contributed by atoms with Crippen LogP contribution < -0.4 is 10.6 Å². The molecule has 8 nitrogen and oxygen atoms in total. The Labute approximate surface area is 204 Å². The van der Waals surface area contributed by atoms with Crippen LogP contribution in [0.3, 0.4) is 0 Å². The average molecular weight is 473 g/mol. The van der Waals surface area contributed by atoms with Crippen molar-refractivity contribution < 1.29 is 9.59 Å². The highest BCUT2D eigenvalue weighted by Gasteiger charge is 2.48. The van der Waals surface area contributed by atoms with Crippen LogP contribution in [0.4, 0.5) is 5.69 Å². The van der Waals surface area contributed by atoms with E-state index < -0.39 is 6.04 Å². The number of aromatic amines is 1. The summed E-state index contributed by atoms with van der Waals surface area (Å²) in [6.07, 6.45) is 8.32. The van der Waals surface area contributed by atoms with Crippen LogP contribution >= 0.6 is 0 Å². The Balaban J connectivity index is 1.22. The number of aryl methyl sites for hydroxylation is 2. The molecule has 0 bridgehead atoms. The summed E-state index contributed by atoms with van der Waals surface area (Å²) in [7, 11) is 0. The van der Waals surface area contributed by atoms with Gasteiger partial charge in [0, 0.05) is 23.1 Å². The Morgan fingerprint density at radius 1 is 1.00 bits per heavy atom. The molecule has 2 aromatic heterocycles. The molecule has 35 heavy (non-hydrogen) atoms. The number of nitrogens with one attached hydrogen (secondary N) is 3. The van der Waals surface area contributed by atoms with E-state index in [2.05, 4.69) is 25.9 Å². The van der Waals surface area contributed by atoms with Crippen molar-refractivity contribution in [1.29, 1.82) is 0 Å². The first-order valence-electron chi connectivity index (χ1n) is 12.8. The summed E-state index contributed by atoms with van der Waals surface area (Å²) < 4.78 is 1.81. The molecule has 2 heterocycles. The van der Waals surface area contributed by atoms with Crippen LogP contribution in [0.2, 0.25) is 0 Å². The maximum atomic E-state index is 13.6. The lowest BCUT2D eigenvalue weighted by atomic mass is 9.88. The Hall–Kier alpha value is -3.42. The Morgan fingerprint density at radius 2 is 1.69 bits per heavy atom. The molecule has 1 aromatic carbocycles. The molecule has 6 rings (SSSR count). The first kappa shape index (κ1) is 22.1. The second-order valence-electron chi connectivity index (χ2n) is 10.5. The standard InChI is InChI=1S/C27H32N6O2/c1-15-23(16(2)32-31-15)17-7-9-20(10-8-17)29-27(35)25(24(18-3-4-18)19-5-6-19)30-26(34)22-13-14-28-33(22)21-11-12-21/h7-10,13-14,18-19,21,24-25H,3-6,11-12H2,1-2H3,(H,29,35)(H,30,34)(H,31,32). The van der Waals surface area contributed by atoms with Crippen LogP contribution in [0.15, 0.2) is 36.5 Å². The van der Waals surface area contributed by atoms with Crippen LogP contribution in [0.5, 0.6) is 0 Å². The number of amides is 2. The summed E-state index contributed by atoms with van der Waals surface area (Å²) in [6, 6.07) is 9.35. The molecule has 2 amide bonds. The molecule has 0 radical (unpaired) electrons. The average Bonchev–Trinajstić information content (AvgIpc) is 3.74. The van der Waals surface area contributed by atoms with Gasteiger partial charge in [-0.1, -0.05) is 12.1 Å². The lowest BCUT2D eigenvalue weighted by molar-refractivity contribution is -0.119. The fourth-order valence-corrected chi connectivity index (χ4v) is 5.46. The lowest BCUT2D eigenvalue weighted by Gasteiger charge is -2.27. The SMILES string of the molecule is Cc1n[nH]c(C)c1-c1ccc(NC(=O)C(NC(=O)c2ccnn2C2CC2)C(C2CC2)C2CC2)cc1. The summed E-state index contributed by atoms with van der Waals surface area (Å²) >= 11 is 0. The van der Waals surface area contributed by atoms with E-state index in [4.69, 9.17) is 0 Å². The van der Waals surface area contributed by atoms with Crippen LogP contribution in [-0.2, 0) is 4.79 Å². The van der Waals surface area contributed by atoms with Crippen molar-refractivity contribution in [2.24, 2.45) is 17.8 Å². The minimum atomic E-state index is -0.553.